The molecule has 150 valence electrons. The molecule has 1 aliphatic rings. The van der Waals surface area contributed by atoms with E-state index in [-0.39, 0.29) is 12.2 Å². The van der Waals surface area contributed by atoms with E-state index in [0.29, 0.717) is 23.0 Å². The van der Waals surface area contributed by atoms with Crippen LogP contribution < -0.4 is 10.9 Å². The van der Waals surface area contributed by atoms with Gasteiger partial charge in [-0.15, -0.1) is 11.3 Å². The Bertz CT molecular complexity index is 982. The lowest BCUT2D eigenvalue weighted by Gasteiger charge is -2.22. The summed E-state index contributed by atoms with van der Waals surface area (Å²) < 4.78 is 6.50. The zero-order chi connectivity index (χ0) is 20.5. The molecule has 0 aromatic carbocycles. The summed E-state index contributed by atoms with van der Waals surface area (Å²) in [7, 11) is 0. The minimum Gasteiger partial charge on any atom is -0.458 e. The standard InChI is InChI=1S/C18H22N4O5S/c1-11(2)4-5-18(3)15(25)22(16(26)20-18)9-14(24)27-10-12-8-13(23)21-6-7-28-17(21)19-12/h6-8,11H,4-5,9-10H2,1-3H3,(H,20,26)/t18-/m0/s1. The second-order valence-electron chi connectivity index (χ2n) is 7.39. The number of hydrogen-bond donors (Lipinski definition) is 1. The van der Waals surface area contributed by atoms with E-state index in [1.165, 1.54) is 21.8 Å². The minimum absolute atomic E-state index is 0.212. The number of amides is 3. The molecule has 3 amide bonds. The van der Waals surface area contributed by atoms with Gasteiger partial charge in [-0.3, -0.25) is 23.7 Å². The largest absolute Gasteiger partial charge is 0.458 e. The predicted molar refractivity (Wildman–Crippen MR) is 102 cm³/mol. The van der Waals surface area contributed by atoms with Crippen molar-refractivity contribution in [2.45, 2.75) is 45.8 Å². The molecule has 3 rings (SSSR count). The average molecular weight is 406 g/mol. The lowest BCUT2D eigenvalue weighted by molar-refractivity contribution is -0.148. The van der Waals surface area contributed by atoms with Crippen LogP contribution in [-0.2, 0) is 20.9 Å². The number of fused-ring (bicyclic) bond motifs is 1. The van der Waals surface area contributed by atoms with Crippen LogP contribution in [0.5, 0.6) is 0 Å². The Kier molecular flexibility index (Phi) is 5.50. The van der Waals surface area contributed by atoms with Crippen LogP contribution in [0.1, 0.15) is 39.3 Å². The van der Waals surface area contributed by atoms with E-state index in [4.69, 9.17) is 4.74 Å². The molecular formula is C18H22N4O5S. The van der Waals surface area contributed by atoms with Gasteiger partial charge in [0.2, 0.25) is 0 Å². The van der Waals surface area contributed by atoms with Gasteiger partial charge in [-0.2, -0.15) is 0 Å². The number of carbonyl (C=O) groups excluding carboxylic acids is 3. The molecule has 1 saturated heterocycles. The summed E-state index contributed by atoms with van der Waals surface area (Å²) in [5.41, 5.74) is -0.977. The third-order valence-corrected chi connectivity index (χ3v) is 5.35. The Morgan fingerprint density at radius 2 is 2.11 bits per heavy atom. The molecule has 10 heteroatoms. The summed E-state index contributed by atoms with van der Waals surface area (Å²) in [6.45, 7) is 5.04. The van der Waals surface area contributed by atoms with E-state index in [1.54, 1.807) is 18.5 Å². The molecule has 0 bridgehead atoms. The molecule has 0 unspecified atom stereocenters. The highest BCUT2D eigenvalue weighted by Gasteiger charge is 2.48. The molecule has 1 N–H and O–H groups in total. The van der Waals surface area contributed by atoms with Crippen molar-refractivity contribution in [2.75, 3.05) is 6.54 Å². The Morgan fingerprint density at radius 1 is 1.36 bits per heavy atom. The van der Waals surface area contributed by atoms with Gasteiger partial charge in [0.05, 0.1) is 5.69 Å². The van der Waals surface area contributed by atoms with E-state index in [9.17, 15) is 19.2 Å². The van der Waals surface area contributed by atoms with Gasteiger partial charge in [-0.05, 0) is 25.7 Å². The Hall–Kier alpha value is -2.75. The van der Waals surface area contributed by atoms with Gasteiger partial charge in [0.25, 0.3) is 11.5 Å². The highest BCUT2D eigenvalue weighted by atomic mass is 32.1. The predicted octanol–water partition coefficient (Wildman–Crippen LogP) is 1.55. The average Bonchev–Trinajstić information content (AvgIpc) is 3.18. The van der Waals surface area contributed by atoms with Gasteiger partial charge >= 0.3 is 12.0 Å². The fourth-order valence-electron chi connectivity index (χ4n) is 2.93. The first-order valence-electron chi connectivity index (χ1n) is 8.95. The number of hydrogen-bond acceptors (Lipinski definition) is 7. The second kappa shape index (κ2) is 7.70. The monoisotopic (exact) mass is 406 g/mol. The van der Waals surface area contributed by atoms with Crippen molar-refractivity contribution in [1.29, 1.82) is 0 Å². The molecule has 0 saturated carbocycles. The van der Waals surface area contributed by atoms with Crippen molar-refractivity contribution in [1.82, 2.24) is 19.6 Å². The SMILES string of the molecule is CC(C)CC[C@]1(C)NC(=O)N(CC(=O)OCc2cc(=O)n3ccsc3n2)C1=O. The Morgan fingerprint density at radius 3 is 2.82 bits per heavy atom. The van der Waals surface area contributed by atoms with Gasteiger partial charge in [-0.25, -0.2) is 9.78 Å². The lowest BCUT2D eigenvalue weighted by Crippen LogP contribution is -2.44. The summed E-state index contributed by atoms with van der Waals surface area (Å²) in [6.07, 6.45) is 2.88. The lowest BCUT2D eigenvalue weighted by atomic mass is 9.92. The maximum absolute atomic E-state index is 12.6. The summed E-state index contributed by atoms with van der Waals surface area (Å²) in [5.74, 6) is -0.797. The van der Waals surface area contributed by atoms with Gasteiger partial charge in [-0.1, -0.05) is 13.8 Å². The van der Waals surface area contributed by atoms with Crippen LogP contribution in [0.15, 0.2) is 22.4 Å². The molecule has 1 atom stereocenters. The Labute approximate surface area is 165 Å². The smallest absolute Gasteiger partial charge is 0.326 e. The normalized spacial score (nSPS) is 19.5. The van der Waals surface area contributed by atoms with Crippen LogP contribution >= 0.6 is 11.3 Å². The number of rotatable bonds is 7. The number of aromatic nitrogens is 2. The van der Waals surface area contributed by atoms with Crippen LogP contribution in [0.3, 0.4) is 0 Å². The number of imide groups is 1. The topological polar surface area (TPSA) is 110 Å². The molecule has 28 heavy (non-hydrogen) atoms. The first-order chi connectivity index (χ1) is 13.2. The zero-order valence-electron chi connectivity index (χ0n) is 15.9. The van der Waals surface area contributed by atoms with Crippen molar-refractivity contribution in [2.24, 2.45) is 5.92 Å². The maximum atomic E-state index is 12.6. The van der Waals surface area contributed by atoms with E-state index in [0.717, 1.165) is 11.3 Å². The van der Waals surface area contributed by atoms with Crippen LogP contribution in [0.4, 0.5) is 4.79 Å². The zero-order valence-corrected chi connectivity index (χ0v) is 16.7. The van der Waals surface area contributed by atoms with Crippen LogP contribution in [0.2, 0.25) is 0 Å². The molecule has 2 aromatic rings. The fourth-order valence-corrected chi connectivity index (χ4v) is 3.67. The van der Waals surface area contributed by atoms with Crippen LogP contribution in [-0.4, -0.2) is 44.3 Å². The van der Waals surface area contributed by atoms with E-state index >= 15 is 0 Å². The van der Waals surface area contributed by atoms with Crippen molar-refractivity contribution in [3.8, 4) is 0 Å². The van der Waals surface area contributed by atoms with Crippen LogP contribution in [0.25, 0.3) is 4.96 Å². The van der Waals surface area contributed by atoms with E-state index in [2.05, 4.69) is 10.3 Å². The number of urea groups is 1. The quantitative estimate of drug-likeness (QED) is 0.552. The van der Waals surface area contributed by atoms with E-state index < -0.39 is 30.0 Å². The van der Waals surface area contributed by atoms with Crippen molar-refractivity contribution in [3.63, 3.8) is 0 Å². The highest BCUT2D eigenvalue weighted by Crippen LogP contribution is 2.24. The molecule has 1 aliphatic heterocycles. The van der Waals surface area contributed by atoms with Crippen molar-refractivity contribution >= 4 is 34.2 Å². The summed E-state index contributed by atoms with van der Waals surface area (Å²) >= 11 is 1.29. The first kappa shape index (κ1) is 20.0. The molecule has 9 nitrogen and oxygen atoms in total. The van der Waals surface area contributed by atoms with E-state index in [1.807, 2.05) is 13.8 Å². The third-order valence-electron chi connectivity index (χ3n) is 4.59. The van der Waals surface area contributed by atoms with Gasteiger partial charge in [0.1, 0.15) is 18.7 Å². The molecule has 3 heterocycles. The first-order valence-corrected chi connectivity index (χ1v) is 9.83. The number of nitrogens with one attached hydrogen (secondary N) is 1. The molecule has 1 fully saturated rings. The Balaban J connectivity index is 1.60. The summed E-state index contributed by atoms with van der Waals surface area (Å²) in [4.78, 5) is 54.4. The van der Waals surface area contributed by atoms with Gasteiger partial charge in [0, 0.05) is 17.6 Å². The molecule has 2 aromatic heterocycles. The molecule has 0 spiro atoms. The van der Waals surface area contributed by atoms with Crippen molar-refractivity contribution in [3.05, 3.63) is 33.7 Å². The fraction of sp³-hybridized carbons (Fsp3) is 0.500. The number of nitrogens with zero attached hydrogens (tertiary/aromatic N) is 3. The number of thiazole rings is 1. The third kappa shape index (κ3) is 4.06. The van der Waals surface area contributed by atoms with Crippen molar-refractivity contribution < 1.29 is 19.1 Å². The molecule has 0 radical (unpaired) electrons. The summed E-state index contributed by atoms with van der Waals surface area (Å²) in [5, 5.41) is 4.39. The minimum atomic E-state index is -1.01. The second-order valence-corrected chi connectivity index (χ2v) is 8.26. The highest BCUT2D eigenvalue weighted by molar-refractivity contribution is 7.15. The molecular weight excluding hydrogens is 384 g/mol. The van der Waals surface area contributed by atoms with Crippen LogP contribution in [0, 0.1) is 5.92 Å². The number of carbonyl (C=O) groups is 3. The number of ether oxygens (including phenoxy) is 1. The molecule has 0 aliphatic carbocycles. The number of esters is 1. The van der Waals surface area contributed by atoms with Gasteiger partial charge in [0.15, 0.2) is 4.96 Å². The summed E-state index contributed by atoms with van der Waals surface area (Å²) in [6, 6.07) is 0.675. The maximum Gasteiger partial charge on any atom is 0.326 e. The van der Waals surface area contributed by atoms with Gasteiger partial charge < -0.3 is 10.1 Å².